The van der Waals surface area contributed by atoms with Crippen molar-refractivity contribution in [2.75, 3.05) is 6.61 Å². The smallest absolute Gasteiger partial charge is 0.271 e. The van der Waals surface area contributed by atoms with Crippen molar-refractivity contribution in [3.8, 4) is 17.2 Å². The van der Waals surface area contributed by atoms with Gasteiger partial charge in [0, 0.05) is 5.56 Å². The molecule has 40 heavy (non-hydrogen) atoms. The zero-order valence-electron chi connectivity index (χ0n) is 23.1. The number of unbranched alkanes of at least 4 members (excludes halogenated alkanes) is 1. The molecule has 4 rings (SSSR count). The van der Waals surface area contributed by atoms with E-state index < -0.39 is 0 Å². The zero-order chi connectivity index (χ0) is 28.0. The molecule has 206 valence electrons. The highest BCUT2D eigenvalue weighted by atomic mass is 16.5. The molecular weight excluding hydrogens is 500 g/mol. The summed E-state index contributed by atoms with van der Waals surface area (Å²) in [6.07, 6.45) is 4.94. The van der Waals surface area contributed by atoms with Gasteiger partial charge in [-0.3, -0.25) is 4.79 Å². The molecule has 0 aliphatic heterocycles. The largest absolute Gasteiger partial charge is 0.490 e. The van der Waals surface area contributed by atoms with Crippen molar-refractivity contribution in [3.05, 3.63) is 125 Å². The summed E-state index contributed by atoms with van der Waals surface area (Å²) in [7, 11) is 0. The van der Waals surface area contributed by atoms with Crippen LogP contribution in [0.2, 0.25) is 0 Å². The van der Waals surface area contributed by atoms with Crippen LogP contribution in [-0.2, 0) is 19.6 Å². The van der Waals surface area contributed by atoms with Crippen LogP contribution in [0.1, 0.15) is 59.3 Å². The third-order valence-corrected chi connectivity index (χ3v) is 6.25. The summed E-state index contributed by atoms with van der Waals surface area (Å²) in [6.45, 7) is 5.53. The number of nitrogens with one attached hydrogen (secondary N) is 1. The first-order valence-electron chi connectivity index (χ1n) is 13.7. The topological polar surface area (TPSA) is 69.2 Å². The second kappa shape index (κ2) is 15.1. The molecular formula is C34H36N2O4. The molecule has 4 aromatic rings. The van der Waals surface area contributed by atoms with Gasteiger partial charge in [-0.2, -0.15) is 5.10 Å². The highest BCUT2D eigenvalue weighted by Gasteiger charge is 2.08. The molecule has 0 aromatic heterocycles. The Morgan fingerprint density at radius 3 is 2.20 bits per heavy atom. The van der Waals surface area contributed by atoms with Crippen molar-refractivity contribution in [2.45, 2.75) is 46.3 Å². The summed E-state index contributed by atoms with van der Waals surface area (Å²) in [5, 5.41) is 4.09. The van der Waals surface area contributed by atoms with Crippen LogP contribution in [-0.4, -0.2) is 18.7 Å². The van der Waals surface area contributed by atoms with Crippen LogP contribution in [0.15, 0.2) is 102 Å². The van der Waals surface area contributed by atoms with Gasteiger partial charge in [0.25, 0.3) is 5.91 Å². The molecule has 6 nitrogen and oxygen atoms in total. The van der Waals surface area contributed by atoms with E-state index in [1.54, 1.807) is 6.21 Å². The summed E-state index contributed by atoms with van der Waals surface area (Å²) in [4.78, 5) is 12.4. The number of nitrogens with zero attached hydrogens (tertiary/aromatic N) is 1. The second-order valence-corrected chi connectivity index (χ2v) is 9.35. The molecule has 0 saturated heterocycles. The fraction of sp³-hybridized carbons (Fsp3) is 0.235. The van der Waals surface area contributed by atoms with Crippen molar-refractivity contribution < 1.29 is 19.0 Å². The third kappa shape index (κ3) is 8.73. The summed E-state index contributed by atoms with van der Waals surface area (Å²) in [5.41, 5.74) is 7.33. The van der Waals surface area contributed by atoms with Gasteiger partial charge in [-0.15, -0.1) is 0 Å². The second-order valence-electron chi connectivity index (χ2n) is 9.35. The molecule has 0 heterocycles. The van der Waals surface area contributed by atoms with Crippen LogP contribution in [0.25, 0.3) is 0 Å². The monoisotopic (exact) mass is 536 g/mol. The summed E-state index contributed by atoms with van der Waals surface area (Å²) >= 11 is 0. The van der Waals surface area contributed by atoms with Gasteiger partial charge in [0.2, 0.25) is 0 Å². The van der Waals surface area contributed by atoms with E-state index >= 15 is 0 Å². The lowest BCUT2D eigenvalue weighted by Gasteiger charge is -2.14. The number of carbonyl (C=O) groups excluding carboxylic acids is 1. The molecule has 0 saturated carbocycles. The maximum Gasteiger partial charge on any atom is 0.271 e. The van der Waals surface area contributed by atoms with Gasteiger partial charge in [0.15, 0.2) is 11.5 Å². The minimum Gasteiger partial charge on any atom is -0.490 e. The molecule has 4 aromatic carbocycles. The predicted octanol–water partition coefficient (Wildman–Crippen LogP) is 7.35. The van der Waals surface area contributed by atoms with Crippen LogP contribution in [0.4, 0.5) is 0 Å². The summed E-state index contributed by atoms with van der Waals surface area (Å²) in [6, 6.07) is 31.1. The molecule has 0 spiro atoms. The van der Waals surface area contributed by atoms with Crippen molar-refractivity contribution >= 4 is 12.1 Å². The van der Waals surface area contributed by atoms with Crippen molar-refractivity contribution in [1.29, 1.82) is 0 Å². The van der Waals surface area contributed by atoms with E-state index in [4.69, 9.17) is 14.2 Å². The van der Waals surface area contributed by atoms with E-state index in [0.29, 0.717) is 36.9 Å². The molecule has 0 unspecified atom stereocenters. The predicted molar refractivity (Wildman–Crippen MR) is 159 cm³/mol. The highest BCUT2D eigenvalue weighted by molar-refractivity contribution is 5.94. The van der Waals surface area contributed by atoms with Gasteiger partial charge < -0.3 is 14.2 Å². The molecule has 0 bridgehead atoms. The minimum absolute atomic E-state index is 0.235. The number of hydrogen-bond acceptors (Lipinski definition) is 5. The maximum absolute atomic E-state index is 12.4. The molecule has 6 heteroatoms. The number of hydrazone groups is 1. The van der Waals surface area contributed by atoms with Gasteiger partial charge >= 0.3 is 0 Å². The maximum atomic E-state index is 12.4. The quantitative estimate of drug-likeness (QED) is 0.135. The fourth-order valence-corrected chi connectivity index (χ4v) is 4.02. The lowest BCUT2D eigenvalue weighted by atomic mass is 10.1. The van der Waals surface area contributed by atoms with E-state index in [0.717, 1.165) is 41.7 Å². The normalized spacial score (nSPS) is 10.8. The van der Waals surface area contributed by atoms with Gasteiger partial charge in [0.1, 0.15) is 19.0 Å². The Bertz CT molecular complexity index is 1370. The molecule has 0 radical (unpaired) electrons. The standard InChI is InChI=1S/C34H36N2O4/c1-3-5-9-26-12-17-30(18-13-26)34(37)36-35-23-27-14-19-31(20-15-27)39-25-29-16-21-32(33(22-29)38-4-2)40-24-28-10-7-6-8-11-28/h6-8,10-23H,3-5,9,24-25H2,1-2H3,(H,36,37)/b35-23+. The first kappa shape index (κ1) is 28.4. The molecule has 0 fully saturated rings. The highest BCUT2D eigenvalue weighted by Crippen LogP contribution is 2.30. The molecule has 1 amide bonds. The molecule has 0 aliphatic rings. The van der Waals surface area contributed by atoms with Crippen molar-refractivity contribution in [3.63, 3.8) is 0 Å². The van der Waals surface area contributed by atoms with Crippen LogP contribution in [0.5, 0.6) is 17.2 Å². The molecule has 0 aliphatic carbocycles. The van der Waals surface area contributed by atoms with Gasteiger partial charge in [-0.1, -0.05) is 61.9 Å². The Hall–Kier alpha value is -4.58. The summed E-state index contributed by atoms with van der Waals surface area (Å²) in [5.74, 6) is 1.89. The van der Waals surface area contributed by atoms with Crippen LogP contribution in [0, 0.1) is 0 Å². The van der Waals surface area contributed by atoms with Gasteiger partial charge in [0.05, 0.1) is 12.8 Å². The first-order chi connectivity index (χ1) is 19.6. The average Bonchev–Trinajstić information content (AvgIpc) is 3.00. The van der Waals surface area contributed by atoms with Gasteiger partial charge in [-0.05, 0) is 90.6 Å². The molecule has 0 atom stereocenters. The fourth-order valence-electron chi connectivity index (χ4n) is 4.02. The molecule has 1 N–H and O–H groups in total. The number of carbonyl (C=O) groups is 1. The summed E-state index contributed by atoms with van der Waals surface area (Å²) < 4.78 is 17.8. The van der Waals surface area contributed by atoms with E-state index in [1.165, 1.54) is 5.56 Å². The SMILES string of the molecule is CCCCc1ccc(C(=O)N/N=C/c2ccc(OCc3ccc(OCc4ccccc4)c(OCC)c3)cc2)cc1. The van der Waals surface area contributed by atoms with Gasteiger partial charge in [-0.25, -0.2) is 5.43 Å². The Labute approximate surface area is 236 Å². The number of amides is 1. The Morgan fingerprint density at radius 2 is 1.48 bits per heavy atom. The van der Waals surface area contributed by atoms with Crippen molar-refractivity contribution in [2.24, 2.45) is 5.10 Å². The Balaban J connectivity index is 1.26. The van der Waals surface area contributed by atoms with E-state index in [-0.39, 0.29) is 5.91 Å². The Morgan fingerprint density at radius 1 is 0.750 bits per heavy atom. The minimum atomic E-state index is -0.235. The number of aryl methyl sites for hydroxylation is 1. The van der Waals surface area contributed by atoms with E-state index in [9.17, 15) is 4.79 Å². The van der Waals surface area contributed by atoms with Crippen LogP contribution >= 0.6 is 0 Å². The van der Waals surface area contributed by atoms with E-state index in [2.05, 4.69) is 17.5 Å². The number of ether oxygens (including phenoxy) is 3. The van der Waals surface area contributed by atoms with Crippen LogP contribution in [0.3, 0.4) is 0 Å². The Kier molecular flexibility index (Phi) is 10.7. The number of rotatable bonds is 14. The average molecular weight is 537 g/mol. The van der Waals surface area contributed by atoms with E-state index in [1.807, 2.05) is 104 Å². The zero-order valence-corrected chi connectivity index (χ0v) is 23.1. The third-order valence-electron chi connectivity index (χ3n) is 6.25. The lowest BCUT2D eigenvalue weighted by molar-refractivity contribution is 0.0955. The lowest BCUT2D eigenvalue weighted by Crippen LogP contribution is -2.17. The first-order valence-corrected chi connectivity index (χ1v) is 13.7. The number of hydrogen-bond donors (Lipinski definition) is 1. The number of benzene rings is 4. The van der Waals surface area contributed by atoms with Crippen molar-refractivity contribution in [1.82, 2.24) is 5.43 Å². The van der Waals surface area contributed by atoms with Crippen LogP contribution < -0.4 is 19.6 Å².